The maximum atomic E-state index is 11.9. The number of aliphatic hydroxyl groups excluding tert-OH is 1. The third-order valence-corrected chi connectivity index (χ3v) is 3.70. The molecular weight excluding hydrogens is 234 g/mol. The second-order valence-electron chi connectivity index (χ2n) is 5.11. The van der Waals surface area contributed by atoms with Gasteiger partial charge in [-0.15, -0.1) is 0 Å². The van der Waals surface area contributed by atoms with Gasteiger partial charge in [0.25, 0.3) is 0 Å². The fourth-order valence-corrected chi connectivity index (χ4v) is 2.45. The normalized spacial score (nSPS) is 15.5. The van der Waals surface area contributed by atoms with E-state index in [2.05, 4.69) is 5.32 Å². The fraction of sp³-hybridized carbons (Fsp3) is 0.538. The molecule has 0 heterocycles. The number of rotatable bonds is 5. The summed E-state index contributed by atoms with van der Waals surface area (Å²) in [5.41, 5.74) is -0.0325. The quantitative estimate of drug-likeness (QED) is 0.839. The molecule has 0 bridgehead atoms. The van der Waals surface area contributed by atoms with E-state index in [0.717, 1.165) is 4.90 Å². The summed E-state index contributed by atoms with van der Waals surface area (Å²) in [7, 11) is -1.13. The average molecular weight is 255 g/mol. The van der Waals surface area contributed by atoms with Crippen molar-refractivity contribution in [3.05, 3.63) is 30.3 Å². The first-order chi connectivity index (χ1) is 7.88. The van der Waals surface area contributed by atoms with Gasteiger partial charge in [0.1, 0.15) is 0 Å². The Morgan fingerprint density at radius 2 is 1.88 bits per heavy atom. The Balaban J connectivity index is 2.42. The minimum atomic E-state index is -1.13. The average Bonchev–Trinajstić information content (AvgIpc) is 2.27. The monoisotopic (exact) mass is 255 g/mol. The summed E-state index contributed by atoms with van der Waals surface area (Å²) in [4.78, 5) is 0.766. The maximum absolute atomic E-state index is 11.9. The number of β-amino-alcohol motifs (C(OH)–C–C–N with tert-alkyl or cyclic N) is 1. The second-order valence-corrected chi connectivity index (χ2v) is 6.61. The summed E-state index contributed by atoms with van der Waals surface area (Å²) in [6.07, 6.45) is -0.588. The zero-order chi connectivity index (χ0) is 12.9. The molecule has 1 aromatic carbocycles. The predicted octanol–water partition coefficient (Wildman–Crippen LogP) is 1.54. The van der Waals surface area contributed by atoms with E-state index in [1.54, 1.807) is 0 Å². The van der Waals surface area contributed by atoms with E-state index in [9.17, 15) is 9.32 Å². The topological polar surface area (TPSA) is 49.3 Å². The molecule has 0 aliphatic carbocycles. The van der Waals surface area contributed by atoms with Crippen molar-refractivity contribution >= 4 is 10.8 Å². The molecule has 0 aliphatic heterocycles. The van der Waals surface area contributed by atoms with Gasteiger partial charge >= 0.3 is 0 Å². The standard InChI is InChI=1S/C13H21NO2S/c1-13(2,3)14-9-11(15)10-17(16)12-7-5-4-6-8-12/h4-8,11,14-15H,9-10H2,1-3H3. The summed E-state index contributed by atoms with van der Waals surface area (Å²) in [6, 6.07) is 9.23. The molecule has 1 aromatic rings. The van der Waals surface area contributed by atoms with Crippen molar-refractivity contribution in [3.63, 3.8) is 0 Å². The van der Waals surface area contributed by atoms with Crippen LogP contribution in [0, 0.1) is 0 Å². The number of hydrogen-bond acceptors (Lipinski definition) is 3. The van der Waals surface area contributed by atoms with Gasteiger partial charge in [-0.2, -0.15) is 0 Å². The molecule has 4 heteroatoms. The molecule has 0 fully saturated rings. The molecule has 2 N–H and O–H groups in total. The highest BCUT2D eigenvalue weighted by Gasteiger charge is 2.15. The van der Waals surface area contributed by atoms with Gasteiger partial charge in [0.05, 0.1) is 22.7 Å². The molecule has 0 radical (unpaired) electrons. The minimum absolute atomic E-state index is 0.0325. The van der Waals surface area contributed by atoms with Crippen LogP contribution in [0.2, 0.25) is 0 Å². The second kappa shape index (κ2) is 6.28. The first kappa shape index (κ1) is 14.4. The zero-order valence-corrected chi connectivity index (χ0v) is 11.5. The van der Waals surface area contributed by atoms with Gasteiger partial charge in [-0.25, -0.2) is 0 Å². The first-order valence-corrected chi connectivity index (χ1v) is 7.07. The van der Waals surface area contributed by atoms with Crippen molar-refractivity contribution < 1.29 is 9.32 Å². The molecule has 0 spiro atoms. The van der Waals surface area contributed by atoms with Crippen LogP contribution >= 0.6 is 0 Å². The first-order valence-electron chi connectivity index (χ1n) is 5.75. The van der Waals surface area contributed by atoms with Crippen molar-refractivity contribution in [1.82, 2.24) is 5.32 Å². The number of benzene rings is 1. The van der Waals surface area contributed by atoms with E-state index in [0.29, 0.717) is 6.54 Å². The molecule has 0 saturated carbocycles. The van der Waals surface area contributed by atoms with E-state index < -0.39 is 16.9 Å². The molecule has 17 heavy (non-hydrogen) atoms. The van der Waals surface area contributed by atoms with Crippen LogP contribution in [0.3, 0.4) is 0 Å². The predicted molar refractivity (Wildman–Crippen MR) is 71.5 cm³/mol. The molecule has 0 aromatic heterocycles. The Labute approximate surface area is 106 Å². The van der Waals surface area contributed by atoms with Crippen LogP contribution in [-0.2, 0) is 10.8 Å². The van der Waals surface area contributed by atoms with Crippen LogP contribution in [0.5, 0.6) is 0 Å². The van der Waals surface area contributed by atoms with Crippen molar-refractivity contribution in [2.75, 3.05) is 12.3 Å². The molecule has 0 saturated heterocycles. The highest BCUT2D eigenvalue weighted by atomic mass is 32.2. The lowest BCUT2D eigenvalue weighted by Crippen LogP contribution is -2.42. The summed E-state index contributed by atoms with van der Waals surface area (Å²) in [6.45, 7) is 6.57. The molecule has 2 atom stereocenters. The summed E-state index contributed by atoms with van der Waals surface area (Å²) < 4.78 is 11.9. The molecule has 3 nitrogen and oxygen atoms in total. The van der Waals surface area contributed by atoms with Gasteiger partial charge in [0.15, 0.2) is 0 Å². The van der Waals surface area contributed by atoms with Crippen LogP contribution < -0.4 is 5.32 Å². The Kier molecular flexibility index (Phi) is 5.31. The van der Waals surface area contributed by atoms with Gasteiger partial charge in [0, 0.05) is 17.0 Å². The molecule has 1 rings (SSSR count). The lowest BCUT2D eigenvalue weighted by molar-refractivity contribution is 0.182. The highest BCUT2D eigenvalue weighted by molar-refractivity contribution is 7.85. The SMILES string of the molecule is CC(C)(C)NCC(O)CS(=O)c1ccccc1. The Morgan fingerprint density at radius 1 is 1.29 bits per heavy atom. The van der Waals surface area contributed by atoms with E-state index in [-0.39, 0.29) is 11.3 Å². The van der Waals surface area contributed by atoms with E-state index in [1.807, 2.05) is 51.1 Å². The molecule has 0 aliphatic rings. The van der Waals surface area contributed by atoms with E-state index in [4.69, 9.17) is 0 Å². The van der Waals surface area contributed by atoms with Gasteiger partial charge in [-0.3, -0.25) is 4.21 Å². The number of aliphatic hydroxyl groups is 1. The van der Waals surface area contributed by atoms with Crippen molar-refractivity contribution in [1.29, 1.82) is 0 Å². The largest absolute Gasteiger partial charge is 0.391 e. The lowest BCUT2D eigenvalue weighted by Gasteiger charge is -2.22. The lowest BCUT2D eigenvalue weighted by atomic mass is 10.1. The summed E-state index contributed by atoms with van der Waals surface area (Å²) in [5.74, 6) is 0.271. The van der Waals surface area contributed by atoms with Crippen LogP contribution in [0.25, 0.3) is 0 Å². The molecule has 0 amide bonds. The summed E-state index contributed by atoms with van der Waals surface area (Å²) in [5, 5.41) is 13.0. The molecule has 96 valence electrons. The van der Waals surface area contributed by atoms with Crippen molar-refractivity contribution in [2.24, 2.45) is 0 Å². The smallest absolute Gasteiger partial charge is 0.0783 e. The molecular formula is C13H21NO2S. The van der Waals surface area contributed by atoms with Gasteiger partial charge in [-0.05, 0) is 32.9 Å². The Hall–Kier alpha value is -0.710. The maximum Gasteiger partial charge on any atom is 0.0783 e. The van der Waals surface area contributed by atoms with Gasteiger partial charge in [0.2, 0.25) is 0 Å². The molecule has 2 unspecified atom stereocenters. The van der Waals surface area contributed by atoms with E-state index >= 15 is 0 Å². The third kappa shape index (κ3) is 5.96. The van der Waals surface area contributed by atoms with Gasteiger partial charge in [-0.1, -0.05) is 18.2 Å². The third-order valence-electron chi connectivity index (χ3n) is 2.22. The van der Waals surface area contributed by atoms with E-state index in [1.165, 1.54) is 0 Å². The van der Waals surface area contributed by atoms with Crippen LogP contribution in [0.4, 0.5) is 0 Å². The van der Waals surface area contributed by atoms with Crippen molar-refractivity contribution in [2.45, 2.75) is 37.3 Å². The van der Waals surface area contributed by atoms with Crippen LogP contribution in [0.15, 0.2) is 35.2 Å². The zero-order valence-electron chi connectivity index (χ0n) is 10.6. The van der Waals surface area contributed by atoms with Gasteiger partial charge < -0.3 is 10.4 Å². The van der Waals surface area contributed by atoms with Crippen molar-refractivity contribution in [3.8, 4) is 0 Å². The highest BCUT2D eigenvalue weighted by Crippen LogP contribution is 2.07. The number of hydrogen-bond donors (Lipinski definition) is 2. The minimum Gasteiger partial charge on any atom is -0.391 e. The number of nitrogens with one attached hydrogen (secondary N) is 1. The Morgan fingerprint density at radius 3 is 2.41 bits per heavy atom. The van der Waals surface area contributed by atoms with Crippen LogP contribution in [-0.4, -0.2) is 33.3 Å². The fourth-order valence-electron chi connectivity index (χ4n) is 1.33. The summed E-state index contributed by atoms with van der Waals surface area (Å²) >= 11 is 0. The Bertz CT molecular complexity index is 359. The van der Waals surface area contributed by atoms with Crippen LogP contribution in [0.1, 0.15) is 20.8 Å².